The van der Waals surface area contributed by atoms with Crippen molar-refractivity contribution in [3.8, 4) is 0 Å². The van der Waals surface area contributed by atoms with Gasteiger partial charge < -0.3 is 10.2 Å². The standard InChI is InChI=1S/C20H26ClFN2O2/c21-17-7-4-8-18(22)16(17)13-19(25)24-11-9-15(10-12-24)23-20(26)14-5-2-1-3-6-14/h4,7-8,14-15H,1-3,5-6,9-13H2,(H,23,26). The third-order valence-electron chi connectivity index (χ3n) is 5.56. The Balaban J connectivity index is 1.47. The molecule has 1 aliphatic heterocycles. The lowest BCUT2D eigenvalue weighted by molar-refractivity contribution is -0.132. The Labute approximate surface area is 159 Å². The van der Waals surface area contributed by atoms with E-state index in [1.54, 1.807) is 11.0 Å². The maximum atomic E-state index is 13.9. The first-order valence-corrected chi connectivity index (χ1v) is 9.93. The summed E-state index contributed by atoms with van der Waals surface area (Å²) >= 11 is 6.01. The van der Waals surface area contributed by atoms with Crippen LogP contribution >= 0.6 is 11.6 Å². The van der Waals surface area contributed by atoms with Crippen LogP contribution in [0.5, 0.6) is 0 Å². The van der Waals surface area contributed by atoms with Crippen molar-refractivity contribution in [3.05, 3.63) is 34.6 Å². The lowest BCUT2D eigenvalue weighted by Gasteiger charge is -2.33. The molecule has 1 aliphatic carbocycles. The van der Waals surface area contributed by atoms with Crippen molar-refractivity contribution in [3.63, 3.8) is 0 Å². The minimum atomic E-state index is -0.444. The van der Waals surface area contributed by atoms with Crippen LogP contribution in [0.25, 0.3) is 0 Å². The van der Waals surface area contributed by atoms with E-state index < -0.39 is 5.82 Å². The molecule has 0 bridgehead atoms. The van der Waals surface area contributed by atoms with E-state index in [1.165, 1.54) is 18.6 Å². The van der Waals surface area contributed by atoms with E-state index in [2.05, 4.69) is 5.32 Å². The van der Waals surface area contributed by atoms with Crippen LogP contribution < -0.4 is 5.32 Å². The molecule has 1 heterocycles. The van der Waals surface area contributed by atoms with E-state index in [4.69, 9.17) is 11.6 Å². The number of hydrogen-bond donors (Lipinski definition) is 1. The van der Waals surface area contributed by atoms with E-state index in [-0.39, 0.29) is 40.8 Å². The number of piperidine rings is 1. The second-order valence-electron chi connectivity index (χ2n) is 7.38. The highest BCUT2D eigenvalue weighted by Crippen LogP contribution is 2.25. The van der Waals surface area contributed by atoms with Crippen molar-refractivity contribution >= 4 is 23.4 Å². The number of rotatable bonds is 4. The van der Waals surface area contributed by atoms with Crippen molar-refractivity contribution in [2.45, 2.75) is 57.4 Å². The van der Waals surface area contributed by atoms with Crippen LogP contribution in [0, 0.1) is 11.7 Å². The average Bonchev–Trinajstić information content (AvgIpc) is 2.66. The van der Waals surface area contributed by atoms with Gasteiger partial charge in [0.15, 0.2) is 0 Å². The number of amides is 2. The van der Waals surface area contributed by atoms with Crippen LogP contribution in [-0.4, -0.2) is 35.8 Å². The third kappa shape index (κ3) is 4.76. The highest BCUT2D eigenvalue weighted by atomic mass is 35.5. The number of carbonyl (C=O) groups excluding carboxylic acids is 2. The molecule has 1 saturated heterocycles. The predicted molar refractivity (Wildman–Crippen MR) is 99.4 cm³/mol. The van der Waals surface area contributed by atoms with Gasteiger partial charge in [0.1, 0.15) is 5.82 Å². The molecule has 0 unspecified atom stereocenters. The van der Waals surface area contributed by atoms with E-state index in [1.807, 2.05) is 0 Å². The monoisotopic (exact) mass is 380 g/mol. The molecule has 0 radical (unpaired) electrons. The van der Waals surface area contributed by atoms with Crippen molar-refractivity contribution in [2.24, 2.45) is 5.92 Å². The largest absolute Gasteiger partial charge is 0.353 e. The van der Waals surface area contributed by atoms with Gasteiger partial charge >= 0.3 is 0 Å². The number of benzene rings is 1. The summed E-state index contributed by atoms with van der Waals surface area (Å²) in [5.74, 6) is -0.228. The molecule has 1 aromatic rings. The Morgan fingerprint density at radius 2 is 1.81 bits per heavy atom. The molecule has 2 amide bonds. The Morgan fingerprint density at radius 1 is 1.12 bits per heavy atom. The van der Waals surface area contributed by atoms with Crippen LogP contribution in [0.15, 0.2) is 18.2 Å². The van der Waals surface area contributed by atoms with Gasteiger partial charge in [-0.3, -0.25) is 9.59 Å². The Kier molecular flexibility index (Phi) is 6.52. The summed E-state index contributed by atoms with van der Waals surface area (Å²) in [5, 5.41) is 3.44. The predicted octanol–water partition coefficient (Wildman–Crippen LogP) is 3.71. The molecule has 4 nitrogen and oxygen atoms in total. The Morgan fingerprint density at radius 3 is 2.46 bits per heavy atom. The van der Waals surface area contributed by atoms with Gasteiger partial charge in [-0.05, 0) is 37.8 Å². The van der Waals surface area contributed by atoms with Crippen molar-refractivity contribution in [1.82, 2.24) is 10.2 Å². The molecule has 1 saturated carbocycles. The maximum Gasteiger partial charge on any atom is 0.227 e. The highest BCUT2D eigenvalue weighted by Gasteiger charge is 2.27. The Bertz CT molecular complexity index is 633. The van der Waals surface area contributed by atoms with Crippen LogP contribution in [0.1, 0.15) is 50.5 Å². The van der Waals surface area contributed by atoms with E-state index in [0.29, 0.717) is 13.1 Å². The summed E-state index contributed by atoms with van der Waals surface area (Å²) in [5.41, 5.74) is 0.256. The number of likely N-dealkylation sites (tertiary alicyclic amines) is 1. The minimum Gasteiger partial charge on any atom is -0.353 e. The number of hydrogen-bond acceptors (Lipinski definition) is 2. The second-order valence-corrected chi connectivity index (χ2v) is 7.78. The van der Waals surface area contributed by atoms with Gasteiger partial charge in [-0.25, -0.2) is 4.39 Å². The van der Waals surface area contributed by atoms with Gasteiger partial charge in [-0.2, -0.15) is 0 Å². The third-order valence-corrected chi connectivity index (χ3v) is 5.91. The zero-order valence-corrected chi connectivity index (χ0v) is 15.7. The molecule has 142 valence electrons. The van der Waals surface area contributed by atoms with Gasteiger partial charge in [-0.15, -0.1) is 0 Å². The zero-order chi connectivity index (χ0) is 18.5. The molecular formula is C20H26ClFN2O2. The molecule has 0 spiro atoms. The lowest BCUT2D eigenvalue weighted by Crippen LogP contribution is -2.48. The van der Waals surface area contributed by atoms with E-state index in [9.17, 15) is 14.0 Å². The molecule has 1 aromatic carbocycles. The van der Waals surface area contributed by atoms with Gasteiger partial charge in [0.25, 0.3) is 0 Å². The number of nitrogens with zero attached hydrogens (tertiary/aromatic N) is 1. The zero-order valence-electron chi connectivity index (χ0n) is 15.0. The topological polar surface area (TPSA) is 49.4 Å². The fourth-order valence-corrected chi connectivity index (χ4v) is 4.15. The molecule has 0 atom stereocenters. The SMILES string of the molecule is O=C(NC1CCN(C(=O)Cc2c(F)cccc2Cl)CC1)C1CCCCC1. The van der Waals surface area contributed by atoms with Crippen molar-refractivity contribution < 1.29 is 14.0 Å². The van der Waals surface area contributed by atoms with Gasteiger partial charge in [0, 0.05) is 35.6 Å². The second kappa shape index (κ2) is 8.85. The average molecular weight is 381 g/mol. The molecule has 2 fully saturated rings. The fourth-order valence-electron chi connectivity index (χ4n) is 3.92. The summed E-state index contributed by atoms with van der Waals surface area (Å²) in [6.45, 7) is 1.17. The molecule has 1 N–H and O–H groups in total. The van der Waals surface area contributed by atoms with E-state index >= 15 is 0 Å². The van der Waals surface area contributed by atoms with Crippen LogP contribution in [0.4, 0.5) is 4.39 Å². The molecule has 3 rings (SSSR count). The molecular weight excluding hydrogens is 355 g/mol. The first-order chi connectivity index (χ1) is 12.5. The summed E-state index contributed by atoms with van der Waals surface area (Å²) in [7, 11) is 0. The quantitative estimate of drug-likeness (QED) is 0.865. The number of halogens is 2. The molecule has 2 aliphatic rings. The number of nitrogens with one attached hydrogen (secondary N) is 1. The summed E-state index contributed by atoms with van der Waals surface area (Å²) < 4.78 is 13.9. The first-order valence-electron chi connectivity index (χ1n) is 9.55. The number of carbonyl (C=O) groups is 2. The summed E-state index contributed by atoms with van der Waals surface area (Å²) in [6.07, 6.45) is 6.97. The normalized spacial score (nSPS) is 19.4. The Hall–Kier alpha value is -1.62. The lowest BCUT2D eigenvalue weighted by atomic mass is 9.88. The van der Waals surface area contributed by atoms with E-state index in [0.717, 1.165) is 38.5 Å². The molecule has 26 heavy (non-hydrogen) atoms. The van der Waals surface area contributed by atoms with Crippen molar-refractivity contribution in [2.75, 3.05) is 13.1 Å². The van der Waals surface area contributed by atoms with Gasteiger partial charge in [0.2, 0.25) is 11.8 Å². The smallest absolute Gasteiger partial charge is 0.227 e. The van der Waals surface area contributed by atoms with Crippen LogP contribution in [0.3, 0.4) is 0 Å². The summed E-state index contributed by atoms with van der Waals surface area (Å²) in [4.78, 5) is 26.6. The summed E-state index contributed by atoms with van der Waals surface area (Å²) in [6, 6.07) is 4.58. The molecule has 0 aromatic heterocycles. The van der Waals surface area contributed by atoms with Gasteiger partial charge in [0.05, 0.1) is 6.42 Å². The minimum absolute atomic E-state index is 0.0232. The van der Waals surface area contributed by atoms with Crippen LogP contribution in [0.2, 0.25) is 5.02 Å². The first kappa shape index (κ1) is 19.2. The maximum absolute atomic E-state index is 13.9. The van der Waals surface area contributed by atoms with Crippen LogP contribution in [-0.2, 0) is 16.0 Å². The molecule has 6 heteroatoms. The highest BCUT2D eigenvalue weighted by molar-refractivity contribution is 6.31. The van der Waals surface area contributed by atoms with Crippen molar-refractivity contribution in [1.29, 1.82) is 0 Å². The van der Waals surface area contributed by atoms with Gasteiger partial charge in [-0.1, -0.05) is 36.9 Å². The fraction of sp³-hybridized carbons (Fsp3) is 0.600.